The zero-order chi connectivity index (χ0) is 16.7. The van der Waals surface area contributed by atoms with E-state index < -0.39 is 30.0 Å². The van der Waals surface area contributed by atoms with Crippen molar-refractivity contribution in [3.05, 3.63) is 35.4 Å². The number of hydrogen-bond acceptors (Lipinski definition) is 3. The van der Waals surface area contributed by atoms with Gasteiger partial charge in [0.05, 0.1) is 0 Å². The number of urea groups is 1. The Kier molecular flexibility index (Phi) is 3.73. The van der Waals surface area contributed by atoms with Crippen LogP contribution < -0.4 is 5.32 Å². The van der Waals surface area contributed by atoms with Crippen molar-refractivity contribution in [3.63, 3.8) is 0 Å². The molecule has 2 N–H and O–H groups in total. The number of nitrogens with one attached hydrogen (secondary N) is 1. The summed E-state index contributed by atoms with van der Waals surface area (Å²) in [4.78, 5) is 35.8. The molecular weight excluding hydrogens is 284 g/mol. The molecule has 0 spiro atoms. The first-order chi connectivity index (χ1) is 10.1. The van der Waals surface area contributed by atoms with Crippen LogP contribution in [0.3, 0.4) is 0 Å². The maximum atomic E-state index is 12.4. The molecule has 0 unspecified atom stereocenters. The summed E-state index contributed by atoms with van der Waals surface area (Å²) in [5, 5.41) is 11.4. The average molecular weight is 304 g/mol. The molecule has 1 saturated heterocycles. The summed E-state index contributed by atoms with van der Waals surface area (Å²) in [6, 6.07) is 6.74. The molecule has 6 nitrogen and oxygen atoms in total. The second-order valence-corrected chi connectivity index (χ2v) is 6.67. The third kappa shape index (κ3) is 2.68. The van der Waals surface area contributed by atoms with Gasteiger partial charge in [0, 0.05) is 0 Å². The van der Waals surface area contributed by atoms with Crippen LogP contribution in [0.25, 0.3) is 0 Å². The SMILES string of the molecule is CC(C)(C)c1ccc([C@@]2(C)NC(=O)N(CC(=O)O)C2=O)cc1. The Labute approximate surface area is 129 Å². The molecule has 1 aromatic rings. The number of imide groups is 1. The molecule has 0 radical (unpaired) electrons. The van der Waals surface area contributed by atoms with Gasteiger partial charge in [-0.15, -0.1) is 0 Å². The van der Waals surface area contributed by atoms with Crippen LogP contribution in [-0.2, 0) is 20.5 Å². The largest absolute Gasteiger partial charge is 0.480 e. The molecule has 1 aromatic carbocycles. The number of rotatable bonds is 3. The summed E-state index contributed by atoms with van der Waals surface area (Å²) in [6.07, 6.45) is 0. The van der Waals surface area contributed by atoms with Gasteiger partial charge in [-0.05, 0) is 23.5 Å². The van der Waals surface area contributed by atoms with Crippen molar-refractivity contribution < 1.29 is 19.5 Å². The predicted octanol–water partition coefficient (Wildman–Crippen LogP) is 1.84. The van der Waals surface area contributed by atoms with Gasteiger partial charge in [-0.25, -0.2) is 4.79 Å². The number of benzene rings is 1. The van der Waals surface area contributed by atoms with E-state index in [4.69, 9.17) is 5.11 Å². The topological polar surface area (TPSA) is 86.7 Å². The first-order valence-electron chi connectivity index (χ1n) is 7.02. The number of carboxylic acid groups (broad SMARTS) is 1. The molecule has 6 heteroatoms. The van der Waals surface area contributed by atoms with Crippen molar-refractivity contribution in [2.45, 2.75) is 38.6 Å². The molecule has 22 heavy (non-hydrogen) atoms. The number of amides is 3. The minimum Gasteiger partial charge on any atom is -0.480 e. The van der Waals surface area contributed by atoms with Crippen molar-refractivity contribution in [2.75, 3.05) is 6.54 Å². The van der Waals surface area contributed by atoms with Gasteiger partial charge in [0.2, 0.25) is 0 Å². The minimum absolute atomic E-state index is 0.0162. The van der Waals surface area contributed by atoms with Gasteiger partial charge >= 0.3 is 12.0 Å². The van der Waals surface area contributed by atoms with Gasteiger partial charge in [0.15, 0.2) is 0 Å². The number of nitrogens with zero attached hydrogens (tertiary/aromatic N) is 1. The van der Waals surface area contributed by atoms with E-state index in [1.165, 1.54) is 0 Å². The zero-order valence-corrected chi connectivity index (χ0v) is 13.1. The van der Waals surface area contributed by atoms with Crippen molar-refractivity contribution in [3.8, 4) is 0 Å². The second-order valence-electron chi connectivity index (χ2n) is 6.67. The Morgan fingerprint density at radius 3 is 2.23 bits per heavy atom. The van der Waals surface area contributed by atoms with Gasteiger partial charge in [-0.2, -0.15) is 0 Å². The highest BCUT2D eigenvalue weighted by atomic mass is 16.4. The summed E-state index contributed by atoms with van der Waals surface area (Å²) in [7, 11) is 0. The first-order valence-corrected chi connectivity index (χ1v) is 7.02. The van der Waals surface area contributed by atoms with Crippen LogP contribution in [0.4, 0.5) is 4.79 Å². The summed E-state index contributed by atoms with van der Waals surface area (Å²) < 4.78 is 0. The number of hydrogen-bond donors (Lipinski definition) is 2. The third-order valence-electron chi connectivity index (χ3n) is 3.90. The van der Waals surface area contributed by atoms with Crippen molar-refractivity contribution in [1.82, 2.24) is 10.2 Å². The lowest BCUT2D eigenvalue weighted by molar-refractivity contribution is -0.142. The first kappa shape index (κ1) is 16.0. The lowest BCUT2D eigenvalue weighted by Crippen LogP contribution is -2.41. The van der Waals surface area contributed by atoms with Gasteiger partial charge in [0.1, 0.15) is 12.1 Å². The van der Waals surface area contributed by atoms with Crippen LogP contribution >= 0.6 is 0 Å². The molecule has 1 aliphatic heterocycles. The molecule has 1 atom stereocenters. The van der Waals surface area contributed by atoms with E-state index in [1.807, 2.05) is 12.1 Å². The second kappa shape index (κ2) is 5.12. The maximum absolute atomic E-state index is 12.4. The van der Waals surface area contributed by atoms with Gasteiger partial charge in [-0.3, -0.25) is 14.5 Å². The lowest BCUT2D eigenvalue weighted by atomic mass is 9.84. The van der Waals surface area contributed by atoms with E-state index in [2.05, 4.69) is 26.1 Å². The number of aliphatic carboxylic acids is 1. The van der Waals surface area contributed by atoms with E-state index in [1.54, 1.807) is 19.1 Å². The summed E-state index contributed by atoms with van der Waals surface area (Å²) in [6.45, 7) is 7.20. The fourth-order valence-electron chi connectivity index (χ4n) is 2.48. The fraction of sp³-hybridized carbons (Fsp3) is 0.438. The highest BCUT2D eigenvalue weighted by molar-refractivity contribution is 6.08. The number of carbonyl (C=O) groups excluding carboxylic acids is 2. The molecule has 0 aromatic heterocycles. The molecule has 0 bridgehead atoms. The van der Waals surface area contributed by atoms with Crippen molar-refractivity contribution >= 4 is 17.9 Å². The fourth-order valence-corrected chi connectivity index (χ4v) is 2.48. The van der Waals surface area contributed by atoms with Crippen LogP contribution in [0, 0.1) is 0 Å². The quantitative estimate of drug-likeness (QED) is 0.834. The van der Waals surface area contributed by atoms with Crippen molar-refractivity contribution in [2.24, 2.45) is 0 Å². The van der Waals surface area contributed by atoms with Crippen LogP contribution in [0.1, 0.15) is 38.8 Å². The van der Waals surface area contributed by atoms with E-state index >= 15 is 0 Å². The maximum Gasteiger partial charge on any atom is 0.325 e. The molecule has 1 aliphatic rings. The smallest absolute Gasteiger partial charge is 0.325 e. The van der Waals surface area contributed by atoms with E-state index in [-0.39, 0.29) is 5.41 Å². The number of carboxylic acids is 1. The van der Waals surface area contributed by atoms with E-state index in [0.29, 0.717) is 5.56 Å². The molecular formula is C16H20N2O4. The Balaban J connectivity index is 2.33. The minimum atomic E-state index is -1.23. The Morgan fingerprint density at radius 2 is 1.77 bits per heavy atom. The number of carbonyl (C=O) groups is 3. The highest BCUT2D eigenvalue weighted by Gasteiger charge is 2.49. The molecule has 3 amide bonds. The Hall–Kier alpha value is -2.37. The Morgan fingerprint density at radius 1 is 1.23 bits per heavy atom. The van der Waals surface area contributed by atoms with Gasteiger partial charge in [-0.1, -0.05) is 45.0 Å². The van der Waals surface area contributed by atoms with Crippen LogP contribution in [0.2, 0.25) is 0 Å². The van der Waals surface area contributed by atoms with E-state index in [9.17, 15) is 14.4 Å². The van der Waals surface area contributed by atoms with E-state index in [0.717, 1.165) is 10.5 Å². The summed E-state index contributed by atoms with van der Waals surface area (Å²) >= 11 is 0. The molecule has 1 fully saturated rings. The van der Waals surface area contributed by atoms with Gasteiger partial charge < -0.3 is 10.4 Å². The standard InChI is InChI=1S/C16H20N2O4/c1-15(2,3)10-5-7-11(8-6-10)16(4)13(21)18(9-12(19)20)14(22)17-16/h5-8H,9H2,1-4H3,(H,17,22)(H,19,20)/t16-/m1/s1. The van der Waals surface area contributed by atoms with Gasteiger partial charge in [0.25, 0.3) is 5.91 Å². The molecule has 1 heterocycles. The predicted molar refractivity (Wildman–Crippen MR) is 80.4 cm³/mol. The monoisotopic (exact) mass is 304 g/mol. The normalized spacial score (nSPS) is 21.9. The summed E-state index contributed by atoms with van der Waals surface area (Å²) in [5.41, 5.74) is 0.492. The van der Waals surface area contributed by atoms with Crippen LogP contribution in [-0.4, -0.2) is 34.5 Å². The molecule has 0 aliphatic carbocycles. The average Bonchev–Trinajstić information content (AvgIpc) is 2.62. The zero-order valence-electron chi connectivity index (χ0n) is 13.1. The summed E-state index contributed by atoms with van der Waals surface area (Å²) in [5.74, 6) is -1.78. The van der Waals surface area contributed by atoms with Crippen LogP contribution in [0.5, 0.6) is 0 Å². The van der Waals surface area contributed by atoms with Crippen LogP contribution in [0.15, 0.2) is 24.3 Å². The molecule has 2 rings (SSSR count). The highest BCUT2D eigenvalue weighted by Crippen LogP contribution is 2.30. The molecule has 0 saturated carbocycles. The van der Waals surface area contributed by atoms with Crippen molar-refractivity contribution in [1.29, 1.82) is 0 Å². The Bertz CT molecular complexity index is 631. The molecule has 118 valence electrons. The lowest BCUT2D eigenvalue weighted by Gasteiger charge is -2.24. The third-order valence-corrected chi connectivity index (χ3v) is 3.90.